The Morgan fingerprint density at radius 2 is 2.00 bits per heavy atom. The minimum absolute atomic E-state index is 0.0116. The quantitative estimate of drug-likeness (QED) is 0.907. The van der Waals surface area contributed by atoms with E-state index >= 15 is 0 Å². The van der Waals surface area contributed by atoms with Gasteiger partial charge in [0.1, 0.15) is 0 Å². The third kappa shape index (κ3) is 2.48. The van der Waals surface area contributed by atoms with Crippen LogP contribution < -0.4 is 0 Å². The minimum Gasteiger partial charge on any atom is -0.481 e. The lowest BCUT2D eigenvalue weighted by atomic mass is 9.61. The summed E-state index contributed by atoms with van der Waals surface area (Å²) in [7, 11) is 2.11. The lowest BCUT2D eigenvalue weighted by Gasteiger charge is -2.46. The third-order valence-corrected chi connectivity index (χ3v) is 5.14. The Labute approximate surface area is 124 Å². The fraction of sp³-hybridized carbons (Fsp3) is 0.529. The number of Topliss-reactive ketones (excluding diaryl/α,β-unsaturated/α-hetero) is 1. The van der Waals surface area contributed by atoms with E-state index in [1.165, 1.54) is 0 Å². The standard InChI is InChI=1S/C17H21NO3/c1-18-8-6-17(7-9-18)11-12(10-15(19)20)16(21)13-4-2-3-5-14(13)17/h2-5,12H,6-11H2,1H3,(H,19,20). The Balaban J connectivity index is 2.01. The molecule has 112 valence electrons. The molecule has 1 aromatic rings. The first-order valence-corrected chi connectivity index (χ1v) is 7.56. The van der Waals surface area contributed by atoms with Crippen molar-refractivity contribution in [3.05, 3.63) is 35.4 Å². The van der Waals surface area contributed by atoms with Crippen LogP contribution in [0.5, 0.6) is 0 Å². The number of carboxylic acid groups (broad SMARTS) is 1. The molecule has 3 rings (SSSR count). The maximum absolute atomic E-state index is 12.6. The Kier molecular flexibility index (Phi) is 3.57. The molecule has 1 spiro atoms. The van der Waals surface area contributed by atoms with Crippen molar-refractivity contribution in [3.63, 3.8) is 0 Å². The van der Waals surface area contributed by atoms with Gasteiger partial charge in [0.15, 0.2) is 5.78 Å². The Bertz CT molecular complexity index is 573. The highest BCUT2D eigenvalue weighted by atomic mass is 16.4. The van der Waals surface area contributed by atoms with E-state index in [-0.39, 0.29) is 23.5 Å². The molecule has 4 nitrogen and oxygen atoms in total. The Hall–Kier alpha value is -1.68. The van der Waals surface area contributed by atoms with Crippen molar-refractivity contribution in [2.75, 3.05) is 20.1 Å². The number of carboxylic acids is 1. The summed E-state index contributed by atoms with van der Waals surface area (Å²) in [5.74, 6) is -1.24. The van der Waals surface area contributed by atoms with Gasteiger partial charge >= 0.3 is 5.97 Å². The van der Waals surface area contributed by atoms with Crippen LogP contribution in [0.3, 0.4) is 0 Å². The van der Waals surface area contributed by atoms with Crippen molar-refractivity contribution >= 4 is 11.8 Å². The lowest BCUT2D eigenvalue weighted by molar-refractivity contribution is -0.138. The number of ketones is 1. The van der Waals surface area contributed by atoms with E-state index in [4.69, 9.17) is 5.11 Å². The van der Waals surface area contributed by atoms with Gasteiger partial charge in [-0.3, -0.25) is 9.59 Å². The van der Waals surface area contributed by atoms with Gasteiger partial charge in [0, 0.05) is 11.5 Å². The van der Waals surface area contributed by atoms with Gasteiger partial charge in [0.25, 0.3) is 0 Å². The summed E-state index contributed by atoms with van der Waals surface area (Å²) in [6, 6.07) is 7.80. The largest absolute Gasteiger partial charge is 0.481 e. The van der Waals surface area contributed by atoms with Crippen LogP contribution in [-0.4, -0.2) is 41.9 Å². The van der Waals surface area contributed by atoms with Crippen molar-refractivity contribution in [2.24, 2.45) is 5.92 Å². The number of hydrogen-bond acceptors (Lipinski definition) is 3. The lowest BCUT2D eigenvalue weighted by Crippen LogP contribution is -2.46. The average molecular weight is 287 g/mol. The van der Waals surface area contributed by atoms with Crippen LogP contribution in [0.15, 0.2) is 24.3 Å². The van der Waals surface area contributed by atoms with E-state index in [0.29, 0.717) is 6.42 Å². The Morgan fingerprint density at radius 3 is 2.67 bits per heavy atom. The predicted molar refractivity (Wildman–Crippen MR) is 79.5 cm³/mol. The van der Waals surface area contributed by atoms with Crippen LogP contribution in [0.25, 0.3) is 0 Å². The van der Waals surface area contributed by atoms with E-state index < -0.39 is 5.97 Å². The molecule has 0 bridgehead atoms. The highest BCUT2D eigenvalue weighted by Gasteiger charge is 2.45. The summed E-state index contributed by atoms with van der Waals surface area (Å²) in [6.45, 7) is 2.00. The summed E-state index contributed by atoms with van der Waals surface area (Å²) >= 11 is 0. The second-order valence-corrected chi connectivity index (χ2v) is 6.49. The molecule has 0 saturated carbocycles. The zero-order valence-electron chi connectivity index (χ0n) is 12.3. The van der Waals surface area contributed by atoms with E-state index in [9.17, 15) is 9.59 Å². The number of likely N-dealkylation sites (tertiary alicyclic amines) is 1. The summed E-state index contributed by atoms with van der Waals surface area (Å²) in [4.78, 5) is 26.0. The fourth-order valence-electron chi connectivity index (χ4n) is 3.95. The van der Waals surface area contributed by atoms with Gasteiger partial charge in [0.05, 0.1) is 6.42 Å². The number of rotatable bonds is 2. The van der Waals surface area contributed by atoms with E-state index in [2.05, 4.69) is 18.0 Å². The smallest absolute Gasteiger partial charge is 0.304 e. The molecule has 4 heteroatoms. The van der Waals surface area contributed by atoms with Crippen LogP contribution in [0.2, 0.25) is 0 Å². The van der Waals surface area contributed by atoms with Crippen molar-refractivity contribution < 1.29 is 14.7 Å². The SMILES string of the molecule is CN1CCC2(CC1)CC(CC(=O)O)C(=O)c1ccccc12. The molecule has 1 fully saturated rings. The first-order chi connectivity index (χ1) is 10.0. The average Bonchev–Trinajstić information content (AvgIpc) is 2.47. The zero-order chi connectivity index (χ0) is 15.0. The Morgan fingerprint density at radius 1 is 1.33 bits per heavy atom. The maximum atomic E-state index is 12.6. The molecule has 1 saturated heterocycles. The molecule has 1 heterocycles. The van der Waals surface area contributed by atoms with Crippen molar-refractivity contribution in [2.45, 2.75) is 31.1 Å². The van der Waals surface area contributed by atoms with Gasteiger partial charge in [-0.2, -0.15) is 0 Å². The van der Waals surface area contributed by atoms with Crippen LogP contribution in [0, 0.1) is 5.92 Å². The van der Waals surface area contributed by atoms with Gasteiger partial charge in [-0.15, -0.1) is 0 Å². The van der Waals surface area contributed by atoms with Gasteiger partial charge < -0.3 is 10.0 Å². The highest BCUT2D eigenvalue weighted by molar-refractivity contribution is 6.02. The molecule has 1 aliphatic heterocycles. The molecule has 1 aromatic carbocycles. The molecule has 1 unspecified atom stereocenters. The van der Waals surface area contributed by atoms with Gasteiger partial charge in [0.2, 0.25) is 0 Å². The van der Waals surface area contributed by atoms with E-state index in [1.807, 2.05) is 18.2 Å². The van der Waals surface area contributed by atoms with Crippen LogP contribution in [0.4, 0.5) is 0 Å². The normalized spacial score (nSPS) is 24.8. The molecule has 0 amide bonds. The predicted octanol–water partition coefficient (Wildman–Crippen LogP) is 2.33. The van der Waals surface area contributed by atoms with Crippen LogP contribution in [-0.2, 0) is 10.2 Å². The first kappa shape index (κ1) is 14.3. The number of hydrogen-bond donors (Lipinski definition) is 1. The van der Waals surface area contributed by atoms with E-state index in [0.717, 1.165) is 37.1 Å². The molecule has 1 atom stereocenters. The molecular weight excluding hydrogens is 266 g/mol. The van der Waals surface area contributed by atoms with Crippen LogP contribution in [0.1, 0.15) is 41.6 Å². The summed E-state index contributed by atoms with van der Waals surface area (Å²) in [5, 5.41) is 9.10. The highest BCUT2D eigenvalue weighted by Crippen LogP contribution is 2.47. The van der Waals surface area contributed by atoms with Crippen molar-refractivity contribution in [1.82, 2.24) is 4.90 Å². The number of benzene rings is 1. The summed E-state index contributed by atoms with van der Waals surface area (Å²) < 4.78 is 0. The van der Waals surface area contributed by atoms with E-state index in [1.54, 1.807) is 0 Å². The second-order valence-electron chi connectivity index (χ2n) is 6.49. The molecule has 1 aliphatic carbocycles. The number of nitrogens with zero attached hydrogens (tertiary/aromatic N) is 1. The molecule has 0 radical (unpaired) electrons. The number of aliphatic carboxylic acids is 1. The number of carbonyl (C=O) groups is 2. The maximum Gasteiger partial charge on any atom is 0.304 e. The summed E-state index contributed by atoms with van der Waals surface area (Å²) in [6.07, 6.45) is 2.64. The summed E-state index contributed by atoms with van der Waals surface area (Å²) in [5.41, 5.74) is 1.88. The first-order valence-electron chi connectivity index (χ1n) is 7.56. The van der Waals surface area contributed by atoms with Gasteiger partial charge in [-0.1, -0.05) is 24.3 Å². The van der Waals surface area contributed by atoms with Crippen molar-refractivity contribution in [3.8, 4) is 0 Å². The molecule has 0 aromatic heterocycles. The molecular formula is C17H21NO3. The topological polar surface area (TPSA) is 57.6 Å². The second kappa shape index (κ2) is 5.26. The number of carbonyl (C=O) groups excluding carboxylic acids is 1. The van der Waals surface area contributed by atoms with Gasteiger partial charge in [-0.25, -0.2) is 0 Å². The monoisotopic (exact) mass is 287 g/mol. The van der Waals surface area contributed by atoms with Crippen molar-refractivity contribution in [1.29, 1.82) is 0 Å². The third-order valence-electron chi connectivity index (χ3n) is 5.14. The number of fused-ring (bicyclic) bond motifs is 2. The molecule has 21 heavy (non-hydrogen) atoms. The van der Waals surface area contributed by atoms with Crippen LogP contribution >= 0.6 is 0 Å². The molecule has 2 aliphatic rings. The molecule has 1 N–H and O–H groups in total. The number of piperidine rings is 1. The zero-order valence-corrected chi connectivity index (χ0v) is 12.3. The minimum atomic E-state index is -0.879. The fourth-order valence-corrected chi connectivity index (χ4v) is 3.95. The van der Waals surface area contributed by atoms with Gasteiger partial charge in [-0.05, 0) is 50.4 Å².